The van der Waals surface area contributed by atoms with Crippen LogP contribution in [0.5, 0.6) is 0 Å². The minimum absolute atomic E-state index is 0.833. The van der Waals surface area contributed by atoms with Gasteiger partial charge in [0, 0.05) is 0 Å². The third-order valence-electron chi connectivity index (χ3n) is 2.59. The zero-order valence-corrected chi connectivity index (χ0v) is 21.7. The van der Waals surface area contributed by atoms with Crippen LogP contribution in [0.3, 0.4) is 0 Å². The largest absolute Gasteiger partial charge is 0.0683 e. The zero-order valence-electron chi connectivity index (χ0n) is 21.7. The van der Waals surface area contributed by atoms with Gasteiger partial charge in [-0.1, -0.05) is 137 Å². The highest BCUT2D eigenvalue weighted by atomic mass is 14.2. The van der Waals surface area contributed by atoms with E-state index in [0.29, 0.717) is 0 Å². The van der Waals surface area contributed by atoms with Gasteiger partial charge in [-0.2, -0.15) is 0 Å². The van der Waals surface area contributed by atoms with E-state index in [9.17, 15) is 0 Å². The summed E-state index contributed by atoms with van der Waals surface area (Å²) in [7, 11) is 0. The molecule has 0 aliphatic carbocycles. The van der Waals surface area contributed by atoms with Gasteiger partial charge in [0.15, 0.2) is 0 Å². The Bertz CT molecular complexity index is 99.9. The van der Waals surface area contributed by atoms with E-state index in [1.807, 2.05) is 55.4 Å². The SMILES string of the molecule is CC.CC.CC.CC.CC(C)C.CCC.CCC(C)C(C)C(C)C. The summed E-state index contributed by atoms with van der Waals surface area (Å²) in [5, 5.41) is 0. The van der Waals surface area contributed by atoms with Crippen molar-refractivity contribution >= 4 is 0 Å². The van der Waals surface area contributed by atoms with E-state index in [2.05, 4.69) is 69.2 Å². The van der Waals surface area contributed by atoms with Gasteiger partial charge in [-0.15, -0.1) is 0 Å². The molecule has 0 aliphatic heterocycles. The fraction of sp³-hybridized carbons (Fsp3) is 1.00. The van der Waals surface area contributed by atoms with Crippen LogP contribution in [-0.4, -0.2) is 0 Å². The first-order valence-electron chi connectivity index (χ1n) is 11.2. The summed E-state index contributed by atoms with van der Waals surface area (Å²) in [6.07, 6.45) is 2.57. The normalized spacial score (nSPS) is 10.0. The van der Waals surface area contributed by atoms with Crippen LogP contribution in [0.4, 0.5) is 0 Å². The lowest BCUT2D eigenvalue weighted by atomic mass is 9.85. The second-order valence-corrected chi connectivity index (χ2v) is 5.93. The summed E-state index contributed by atoms with van der Waals surface area (Å²) in [6, 6.07) is 0. The maximum Gasteiger partial charge on any atom is -0.0394 e. The standard InChI is InChI=1S/C9H20.C4H10.C3H8.4C2H6/c1-6-8(4)9(5)7(2)3;1-4(2)3;1-3-2;4*1-2/h7-9H,6H2,1-5H3;4H,1-3H3;3H2,1-2H3;4*1-2H3. The van der Waals surface area contributed by atoms with Gasteiger partial charge in [0.05, 0.1) is 0 Å². The predicted molar refractivity (Wildman–Crippen MR) is 125 cm³/mol. The van der Waals surface area contributed by atoms with Crippen molar-refractivity contribution in [2.75, 3.05) is 0 Å². The highest BCUT2D eigenvalue weighted by Crippen LogP contribution is 2.21. The molecule has 0 heterocycles. The van der Waals surface area contributed by atoms with Gasteiger partial charge in [0.1, 0.15) is 0 Å². The molecule has 0 N–H and O–H groups in total. The van der Waals surface area contributed by atoms with E-state index in [1.54, 1.807) is 0 Å². The van der Waals surface area contributed by atoms with Gasteiger partial charge in [-0.05, 0) is 23.7 Å². The average molecular weight is 351 g/mol. The Balaban J connectivity index is -0.0000000327. The fourth-order valence-corrected chi connectivity index (χ4v) is 1.03. The molecule has 0 heteroatoms. The molecule has 0 amide bonds. The summed E-state index contributed by atoms with van der Waals surface area (Å²) in [5.74, 6) is 3.46. The monoisotopic (exact) mass is 350 g/mol. The van der Waals surface area contributed by atoms with Crippen molar-refractivity contribution in [2.45, 2.75) is 137 Å². The molecule has 2 atom stereocenters. The minimum atomic E-state index is 0.833. The molecule has 0 fully saturated rings. The molecule has 0 aromatic heterocycles. The lowest BCUT2D eigenvalue weighted by Gasteiger charge is -2.21. The van der Waals surface area contributed by atoms with Crippen LogP contribution in [-0.2, 0) is 0 Å². The summed E-state index contributed by atoms with van der Waals surface area (Å²) >= 11 is 0. The Labute approximate surface area is 161 Å². The van der Waals surface area contributed by atoms with Gasteiger partial charge >= 0.3 is 0 Å². The van der Waals surface area contributed by atoms with Crippen LogP contribution >= 0.6 is 0 Å². The zero-order chi connectivity index (χ0) is 21.7. The maximum absolute atomic E-state index is 2.35. The van der Waals surface area contributed by atoms with E-state index in [-0.39, 0.29) is 0 Å². The first-order valence-corrected chi connectivity index (χ1v) is 11.2. The average Bonchev–Trinajstić information content (AvgIpc) is 2.60. The Morgan fingerprint density at radius 3 is 0.708 bits per heavy atom. The van der Waals surface area contributed by atoms with Gasteiger partial charge in [0.25, 0.3) is 0 Å². The molecule has 24 heavy (non-hydrogen) atoms. The molecule has 0 bridgehead atoms. The van der Waals surface area contributed by atoms with Crippen LogP contribution < -0.4 is 0 Å². The van der Waals surface area contributed by atoms with Crippen molar-refractivity contribution in [2.24, 2.45) is 23.7 Å². The first kappa shape index (κ1) is 43.9. The molecule has 0 rings (SSSR count). The lowest BCUT2D eigenvalue weighted by molar-refractivity contribution is 0.289. The molecule has 0 nitrogen and oxygen atoms in total. The molecular formula is C24H62. The van der Waals surface area contributed by atoms with Crippen molar-refractivity contribution in [3.8, 4) is 0 Å². The quantitative estimate of drug-likeness (QED) is 0.474. The molecule has 0 radical (unpaired) electrons. The van der Waals surface area contributed by atoms with Crippen LogP contribution in [0.1, 0.15) is 137 Å². The third kappa shape index (κ3) is 97.0. The maximum atomic E-state index is 2.35. The van der Waals surface area contributed by atoms with E-state index in [0.717, 1.165) is 23.7 Å². The van der Waals surface area contributed by atoms with E-state index >= 15 is 0 Å². The van der Waals surface area contributed by atoms with Crippen LogP contribution in [0.25, 0.3) is 0 Å². The molecule has 0 saturated carbocycles. The number of hydrogen-bond donors (Lipinski definition) is 0. The Morgan fingerprint density at radius 1 is 0.500 bits per heavy atom. The van der Waals surface area contributed by atoms with Crippen molar-refractivity contribution < 1.29 is 0 Å². The van der Waals surface area contributed by atoms with Crippen molar-refractivity contribution in [1.82, 2.24) is 0 Å². The highest BCUT2D eigenvalue weighted by Gasteiger charge is 2.12. The van der Waals surface area contributed by atoms with Gasteiger partial charge in [0.2, 0.25) is 0 Å². The summed E-state index contributed by atoms with van der Waals surface area (Å²) in [4.78, 5) is 0. The number of rotatable bonds is 3. The Morgan fingerprint density at radius 2 is 0.667 bits per heavy atom. The van der Waals surface area contributed by atoms with Crippen LogP contribution in [0.15, 0.2) is 0 Å². The second kappa shape index (κ2) is 56.8. The molecule has 2 unspecified atom stereocenters. The Kier molecular flexibility index (Phi) is 104. The van der Waals surface area contributed by atoms with Gasteiger partial charge in [-0.3, -0.25) is 0 Å². The highest BCUT2D eigenvalue weighted by molar-refractivity contribution is 4.62. The van der Waals surface area contributed by atoms with E-state index in [1.165, 1.54) is 12.8 Å². The topological polar surface area (TPSA) is 0 Å². The van der Waals surface area contributed by atoms with Crippen molar-refractivity contribution in [3.05, 3.63) is 0 Å². The molecule has 158 valence electrons. The molecule has 0 aromatic rings. The van der Waals surface area contributed by atoms with Crippen molar-refractivity contribution in [1.29, 1.82) is 0 Å². The van der Waals surface area contributed by atoms with E-state index in [4.69, 9.17) is 0 Å². The molecule has 0 aromatic carbocycles. The Hall–Kier alpha value is 0. The number of hydrogen-bond acceptors (Lipinski definition) is 0. The predicted octanol–water partition coefficient (Wildman–Crippen LogP) is 10.5. The van der Waals surface area contributed by atoms with Gasteiger partial charge in [-0.25, -0.2) is 0 Å². The summed E-state index contributed by atoms with van der Waals surface area (Å²) < 4.78 is 0. The lowest BCUT2D eigenvalue weighted by Crippen LogP contribution is -2.12. The fourth-order valence-electron chi connectivity index (χ4n) is 1.03. The minimum Gasteiger partial charge on any atom is -0.0683 e. The van der Waals surface area contributed by atoms with Gasteiger partial charge < -0.3 is 0 Å². The second-order valence-electron chi connectivity index (χ2n) is 5.93. The molecule has 0 saturated heterocycles. The smallest absolute Gasteiger partial charge is 0.0394 e. The van der Waals surface area contributed by atoms with Crippen LogP contribution in [0.2, 0.25) is 0 Å². The molecule has 0 aliphatic rings. The van der Waals surface area contributed by atoms with Crippen LogP contribution in [0, 0.1) is 23.7 Å². The molecular weight excluding hydrogens is 288 g/mol. The van der Waals surface area contributed by atoms with E-state index < -0.39 is 0 Å². The summed E-state index contributed by atoms with van der Waals surface area (Å²) in [5.41, 5.74) is 0. The summed E-state index contributed by atoms with van der Waals surface area (Å²) in [6.45, 7) is 38.3. The third-order valence-corrected chi connectivity index (χ3v) is 2.59. The first-order chi connectivity index (χ1) is 11.2. The van der Waals surface area contributed by atoms with Crippen molar-refractivity contribution in [3.63, 3.8) is 0 Å². The molecule has 0 spiro atoms.